The molecule has 0 unspecified atom stereocenters. The predicted molar refractivity (Wildman–Crippen MR) is 146 cm³/mol. The summed E-state index contributed by atoms with van der Waals surface area (Å²) in [5.41, 5.74) is 4.65. The summed E-state index contributed by atoms with van der Waals surface area (Å²) in [5, 5.41) is 18.7. The zero-order valence-corrected chi connectivity index (χ0v) is 20.6. The highest BCUT2D eigenvalue weighted by atomic mass is 32.1. The Hall–Kier alpha value is -3.42. The fourth-order valence-electron chi connectivity index (χ4n) is 4.92. The summed E-state index contributed by atoms with van der Waals surface area (Å²) >= 11 is 1.64. The summed E-state index contributed by atoms with van der Waals surface area (Å²) in [6.07, 6.45) is 5.64. The Morgan fingerprint density at radius 3 is 2.60 bits per heavy atom. The number of fused-ring (bicyclic) bond motifs is 2. The monoisotopic (exact) mass is 483 g/mol. The molecule has 0 amide bonds. The van der Waals surface area contributed by atoms with Crippen molar-refractivity contribution in [3.8, 4) is 11.1 Å². The number of nitrogens with one attached hydrogen (secondary N) is 2. The van der Waals surface area contributed by atoms with Crippen molar-refractivity contribution in [2.24, 2.45) is 0 Å². The van der Waals surface area contributed by atoms with E-state index in [4.69, 9.17) is 9.97 Å². The van der Waals surface area contributed by atoms with E-state index in [0.29, 0.717) is 6.04 Å². The highest BCUT2D eigenvalue weighted by molar-refractivity contribution is 7.22. The largest absolute Gasteiger partial charge is 0.393 e. The van der Waals surface area contributed by atoms with Crippen LogP contribution in [0.2, 0.25) is 0 Å². The van der Waals surface area contributed by atoms with Gasteiger partial charge in [0.05, 0.1) is 16.3 Å². The number of aliphatic hydroxyl groups is 1. The molecule has 1 aliphatic carbocycles. The summed E-state index contributed by atoms with van der Waals surface area (Å²) in [6, 6.07) is 21.6. The molecule has 6 nitrogen and oxygen atoms in total. The van der Waals surface area contributed by atoms with Crippen LogP contribution in [0.5, 0.6) is 0 Å². The molecule has 6 rings (SSSR count). The van der Waals surface area contributed by atoms with Gasteiger partial charge in [-0.05, 0) is 85.5 Å². The van der Waals surface area contributed by atoms with Crippen LogP contribution in [0.4, 0.5) is 16.8 Å². The maximum Gasteiger partial charge on any atom is 0.189 e. The van der Waals surface area contributed by atoms with Gasteiger partial charge in [-0.3, -0.25) is 0 Å². The Bertz CT molecular complexity index is 1480. The highest BCUT2D eigenvalue weighted by Gasteiger charge is 2.19. The number of hydrogen-bond acceptors (Lipinski definition) is 6. The number of aromatic nitrogens is 3. The fraction of sp³-hybridized carbons (Fsp3) is 0.286. The molecular weight excluding hydrogens is 454 g/mol. The van der Waals surface area contributed by atoms with Crippen LogP contribution in [0, 0.1) is 0 Å². The molecule has 1 fully saturated rings. The van der Waals surface area contributed by atoms with Gasteiger partial charge < -0.3 is 20.3 Å². The third-order valence-electron chi connectivity index (χ3n) is 6.87. The maximum absolute atomic E-state index is 9.74. The zero-order chi connectivity index (χ0) is 23.8. The molecule has 0 radical (unpaired) electrons. The minimum atomic E-state index is -0.153. The van der Waals surface area contributed by atoms with Crippen molar-refractivity contribution in [2.75, 3.05) is 10.6 Å². The molecule has 1 saturated carbocycles. The molecule has 3 N–H and O–H groups in total. The molecular formula is C28H29N5OS. The van der Waals surface area contributed by atoms with Gasteiger partial charge >= 0.3 is 0 Å². The van der Waals surface area contributed by atoms with Crippen molar-refractivity contribution in [1.29, 1.82) is 0 Å². The van der Waals surface area contributed by atoms with Crippen LogP contribution in [0.15, 0.2) is 66.9 Å². The Balaban J connectivity index is 1.21. The normalized spacial score (nSPS) is 18.2. The van der Waals surface area contributed by atoms with Crippen LogP contribution in [-0.4, -0.2) is 31.8 Å². The van der Waals surface area contributed by atoms with Gasteiger partial charge in [0.1, 0.15) is 11.6 Å². The number of thiazole rings is 1. The minimum Gasteiger partial charge on any atom is -0.393 e. The number of anilines is 3. The van der Waals surface area contributed by atoms with Crippen LogP contribution < -0.4 is 10.6 Å². The van der Waals surface area contributed by atoms with Gasteiger partial charge in [-0.25, -0.2) is 9.97 Å². The van der Waals surface area contributed by atoms with Crippen molar-refractivity contribution < 1.29 is 5.11 Å². The summed E-state index contributed by atoms with van der Waals surface area (Å²) in [6.45, 7) is 3.14. The number of benzene rings is 2. The number of nitrogens with zero attached hydrogens (tertiary/aromatic N) is 3. The van der Waals surface area contributed by atoms with Gasteiger partial charge in [0.25, 0.3) is 0 Å². The van der Waals surface area contributed by atoms with E-state index in [0.717, 1.165) is 59.2 Å². The van der Waals surface area contributed by atoms with Crippen LogP contribution in [-0.2, 0) is 6.54 Å². The van der Waals surface area contributed by atoms with E-state index in [1.807, 2.05) is 18.2 Å². The van der Waals surface area contributed by atoms with E-state index in [1.54, 1.807) is 11.3 Å². The molecule has 3 heterocycles. The molecule has 5 aromatic rings. The average Bonchev–Trinajstić information content (AvgIpc) is 3.47. The van der Waals surface area contributed by atoms with Crippen molar-refractivity contribution in [1.82, 2.24) is 14.5 Å². The molecule has 0 bridgehead atoms. The number of hydrogen-bond donors (Lipinski definition) is 3. The summed E-state index contributed by atoms with van der Waals surface area (Å²) in [7, 11) is 0. The van der Waals surface area contributed by atoms with Gasteiger partial charge in [-0.1, -0.05) is 35.6 Å². The Labute approximate surface area is 208 Å². The lowest BCUT2D eigenvalue weighted by molar-refractivity contribution is 0.126. The molecule has 3 aromatic heterocycles. The predicted octanol–water partition coefficient (Wildman–Crippen LogP) is 6.79. The van der Waals surface area contributed by atoms with E-state index in [-0.39, 0.29) is 6.10 Å². The molecule has 178 valence electrons. The molecule has 35 heavy (non-hydrogen) atoms. The Morgan fingerprint density at radius 2 is 1.74 bits per heavy atom. The van der Waals surface area contributed by atoms with Crippen molar-refractivity contribution in [3.63, 3.8) is 0 Å². The lowest BCUT2D eigenvalue weighted by Gasteiger charge is -2.26. The summed E-state index contributed by atoms with van der Waals surface area (Å²) < 4.78 is 3.42. The fourth-order valence-corrected chi connectivity index (χ4v) is 5.83. The van der Waals surface area contributed by atoms with Gasteiger partial charge in [0, 0.05) is 24.3 Å². The van der Waals surface area contributed by atoms with E-state index < -0.39 is 0 Å². The molecule has 7 heteroatoms. The molecule has 0 saturated heterocycles. The summed E-state index contributed by atoms with van der Waals surface area (Å²) in [5.74, 6) is 1.63. The SMILES string of the molecule is CCn1ccc2ccc(-c3ccc4nc(Nc5cccc(NC6CCC(O)CC6)n5)sc4c3)cc21. The zero-order valence-electron chi connectivity index (χ0n) is 19.7. The third kappa shape index (κ3) is 4.61. The second-order valence-electron chi connectivity index (χ2n) is 9.26. The van der Waals surface area contributed by atoms with E-state index in [2.05, 4.69) is 70.8 Å². The third-order valence-corrected chi connectivity index (χ3v) is 7.80. The van der Waals surface area contributed by atoms with Crippen LogP contribution >= 0.6 is 11.3 Å². The van der Waals surface area contributed by atoms with E-state index in [1.165, 1.54) is 22.0 Å². The average molecular weight is 484 g/mol. The number of aliphatic hydroxyl groups excluding tert-OH is 1. The summed E-state index contributed by atoms with van der Waals surface area (Å²) in [4.78, 5) is 9.52. The van der Waals surface area contributed by atoms with Crippen molar-refractivity contribution in [2.45, 2.75) is 51.3 Å². The lowest BCUT2D eigenvalue weighted by Crippen LogP contribution is -2.28. The standard InChI is InChI=1S/C28H29N5OS/c1-2-33-15-14-18-6-7-19(16-24(18)33)20-8-13-23-25(17-20)35-28(30-23)32-27-5-3-4-26(31-27)29-21-9-11-22(34)12-10-21/h3-8,13-17,21-22,34H,2,9-12H2,1H3,(H2,29,30,31,32). The maximum atomic E-state index is 9.74. The first-order valence-corrected chi connectivity index (χ1v) is 13.1. The van der Waals surface area contributed by atoms with Crippen molar-refractivity contribution >= 4 is 49.2 Å². The second-order valence-corrected chi connectivity index (χ2v) is 10.3. The lowest BCUT2D eigenvalue weighted by atomic mass is 9.93. The first kappa shape index (κ1) is 22.1. The van der Waals surface area contributed by atoms with Crippen LogP contribution in [0.25, 0.3) is 32.2 Å². The smallest absolute Gasteiger partial charge is 0.189 e. The second kappa shape index (κ2) is 9.32. The number of aryl methyl sites for hydroxylation is 1. The molecule has 1 aliphatic rings. The van der Waals surface area contributed by atoms with Crippen LogP contribution in [0.3, 0.4) is 0 Å². The topological polar surface area (TPSA) is 75.0 Å². The molecule has 0 spiro atoms. The van der Waals surface area contributed by atoms with Gasteiger partial charge in [-0.2, -0.15) is 0 Å². The minimum absolute atomic E-state index is 0.153. The van der Waals surface area contributed by atoms with E-state index in [9.17, 15) is 5.11 Å². The highest BCUT2D eigenvalue weighted by Crippen LogP contribution is 2.33. The number of rotatable bonds is 6. The molecule has 0 aliphatic heterocycles. The van der Waals surface area contributed by atoms with E-state index >= 15 is 0 Å². The quantitative estimate of drug-likeness (QED) is 0.248. The Morgan fingerprint density at radius 1 is 0.943 bits per heavy atom. The van der Waals surface area contributed by atoms with Gasteiger partial charge in [-0.15, -0.1) is 0 Å². The van der Waals surface area contributed by atoms with Crippen LogP contribution in [0.1, 0.15) is 32.6 Å². The van der Waals surface area contributed by atoms with Gasteiger partial charge in [0.2, 0.25) is 0 Å². The first-order chi connectivity index (χ1) is 17.1. The Kier molecular flexibility index (Phi) is 5.88. The van der Waals surface area contributed by atoms with Crippen molar-refractivity contribution in [3.05, 3.63) is 66.9 Å². The number of pyridine rings is 1. The first-order valence-electron chi connectivity index (χ1n) is 12.3. The molecule has 0 atom stereocenters. The molecule has 2 aromatic carbocycles. The van der Waals surface area contributed by atoms with Gasteiger partial charge in [0.15, 0.2) is 5.13 Å².